The van der Waals surface area contributed by atoms with E-state index in [1.807, 2.05) is 0 Å². The maximum Gasteiger partial charge on any atom is 0.0721 e. The lowest BCUT2D eigenvalue weighted by Crippen LogP contribution is -2.47. The van der Waals surface area contributed by atoms with E-state index in [-0.39, 0.29) is 23.0 Å². The highest BCUT2D eigenvalue weighted by Crippen LogP contribution is 2.64. The van der Waals surface area contributed by atoms with Crippen LogP contribution in [0.2, 0.25) is 0 Å². The lowest BCUT2D eigenvalue weighted by atomic mass is 9.63. The maximum atomic E-state index is 11.1. The fourth-order valence-corrected chi connectivity index (χ4v) is 4.59. The second-order valence-corrected chi connectivity index (χ2v) is 6.74. The van der Waals surface area contributed by atoms with Crippen LogP contribution in [0.15, 0.2) is 24.3 Å². The van der Waals surface area contributed by atoms with E-state index >= 15 is 0 Å². The molecule has 1 aliphatic heterocycles. The van der Waals surface area contributed by atoms with Gasteiger partial charge < -0.3 is 9.84 Å². The molecule has 0 aromatic carbocycles. The zero-order chi connectivity index (χ0) is 13.1. The zero-order valence-electron chi connectivity index (χ0n) is 11.6. The Morgan fingerprint density at radius 3 is 2.72 bits per heavy atom. The molecule has 1 heterocycles. The highest BCUT2D eigenvalue weighted by atomic mass is 16.5. The first-order valence-electron chi connectivity index (χ1n) is 7.08. The molecule has 2 nitrogen and oxygen atoms in total. The Bertz CT molecular complexity index is 413. The van der Waals surface area contributed by atoms with Crippen LogP contribution in [-0.4, -0.2) is 23.9 Å². The van der Waals surface area contributed by atoms with Crippen LogP contribution in [0.4, 0.5) is 0 Å². The molecule has 0 aromatic rings. The summed E-state index contributed by atoms with van der Waals surface area (Å²) in [5.74, 6) is 0.972. The largest absolute Gasteiger partial charge is 0.392 e. The van der Waals surface area contributed by atoms with Crippen LogP contribution in [0.1, 0.15) is 33.6 Å². The third-order valence-electron chi connectivity index (χ3n) is 6.24. The Hall–Kier alpha value is -0.600. The Kier molecular flexibility index (Phi) is 2.56. The molecule has 3 aliphatic rings. The van der Waals surface area contributed by atoms with E-state index in [2.05, 4.69) is 39.5 Å². The van der Waals surface area contributed by atoms with Crippen LogP contribution >= 0.6 is 0 Å². The van der Waals surface area contributed by atoms with Gasteiger partial charge in [0.15, 0.2) is 0 Å². The summed E-state index contributed by atoms with van der Waals surface area (Å²) in [4.78, 5) is 0. The first-order chi connectivity index (χ1) is 8.44. The molecule has 2 fully saturated rings. The van der Waals surface area contributed by atoms with Gasteiger partial charge in [-0.3, -0.25) is 0 Å². The summed E-state index contributed by atoms with van der Waals surface area (Å²) in [6, 6.07) is 0. The Morgan fingerprint density at radius 1 is 1.44 bits per heavy atom. The molecule has 0 amide bonds. The third kappa shape index (κ3) is 1.21. The number of allylic oxidation sites excluding steroid dienone is 2. The van der Waals surface area contributed by atoms with Crippen LogP contribution in [0.5, 0.6) is 0 Å². The van der Waals surface area contributed by atoms with Crippen molar-refractivity contribution in [1.82, 2.24) is 0 Å². The molecule has 0 aromatic heterocycles. The van der Waals surface area contributed by atoms with Crippen molar-refractivity contribution in [3.8, 4) is 0 Å². The van der Waals surface area contributed by atoms with Gasteiger partial charge in [0.1, 0.15) is 0 Å². The molecular formula is C16H24O2. The fourth-order valence-electron chi connectivity index (χ4n) is 4.59. The molecule has 0 bridgehead atoms. The van der Waals surface area contributed by atoms with Crippen molar-refractivity contribution >= 4 is 0 Å². The molecule has 1 spiro atoms. The van der Waals surface area contributed by atoms with E-state index in [9.17, 15) is 5.11 Å². The summed E-state index contributed by atoms with van der Waals surface area (Å²) in [7, 11) is 0. The van der Waals surface area contributed by atoms with Gasteiger partial charge in [0, 0.05) is 10.8 Å². The highest BCUT2D eigenvalue weighted by Gasteiger charge is 2.65. The summed E-state index contributed by atoms with van der Waals surface area (Å²) >= 11 is 0. The van der Waals surface area contributed by atoms with Crippen molar-refractivity contribution < 1.29 is 9.84 Å². The summed E-state index contributed by atoms with van der Waals surface area (Å²) in [6.45, 7) is 11.4. The van der Waals surface area contributed by atoms with Crippen LogP contribution in [0.3, 0.4) is 0 Å². The van der Waals surface area contributed by atoms with Gasteiger partial charge >= 0.3 is 0 Å². The Morgan fingerprint density at radius 2 is 2.17 bits per heavy atom. The Balaban J connectivity index is 2.08. The molecule has 1 saturated heterocycles. The zero-order valence-corrected chi connectivity index (χ0v) is 11.6. The summed E-state index contributed by atoms with van der Waals surface area (Å²) < 4.78 is 5.78. The van der Waals surface area contributed by atoms with E-state index in [0.29, 0.717) is 18.4 Å². The molecule has 18 heavy (non-hydrogen) atoms. The smallest absolute Gasteiger partial charge is 0.0721 e. The lowest BCUT2D eigenvalue weighted by molar-refractivity contribution is -0.0640. The monoisotopic (exact) mass is 248 g/mol. The van der Waals surface area contributed by atoms with Crippen molar-refractivity contribution in [2.45, 2.75) is 45.8 Å². The van der Waals surface area contributed by atoms with Gasteiger partial charge in [-0.1, -0.05) is 32.6 Å². The van der Waals surface area contributed by atoms with Crippen LogP contribution in [0.25, 0.3) is 0 Å². The number of hydrogen-bond acceptors (Lipinski definition) is 2. The van der Waals surface area contributed by atoms with Crippen molar-refractivity contribution in [1.29, 1.82) is 0 Å². The number of ether oxygens (including phenoxy) is 1. The second kappa shape index (κ2) is 3.71. The highest BCUT2D eigenvalue weighted by molar-refractivity contribution is 5.30. The average molecular weight is 248 g/mol. The predicted molar refractivity (Wildman–Crippen MR) is 72.1 cm³/mol. The van der Waals surface area contributed by atoms with Crippen molar-refractivity contribution in [2.75, 3.05) is 6.61 Å². The molecule has 0 radical (unpaired) electrons. The van der Waals surface area contributed by atoms with Crippen LogP contribution < -0.4 is 0 Å². The topological polar surface area (TPSA) is 29.5 Å². The number of hydrogen-bond donors (Lipinski definition) is 1. The molecule has 2 aliphatic carbocycles. The summed E-state index contributed by atoms with van der Waals surface area (Å²) in [6.07, 6.45) is 6.42. The SMILES string of the molecule is C=C1CO[C@@H](C)[C@]12C[C@@H]1C=CC[C@@H](C)[C@]1(C)[C@H]2O. The normalized spacial score (nSPS) is 55.2. The second-order valence-electron chi connectivity index (χ2n) is 6.74. The summed E-state index contributed by atoms with van der Waals surface area (Å²) in [5, 5.41) is 11.1. The number of aliphatic hydroxyl groups is 1. The number of fused-ring (bicyclic) bond motifs is 1. The van der Waals surface area contributed by atoms with Crippen molar-refractivity contribution in [3.63, 3.8) is 0 Å². The van der Waals surface area contributed by atoms with E-state index in [4.69, 9.17) is 4.74 Å². The predicted octanol–water partition coefficient (Wildman–Crippen LogP) is 2.93. The van der Waals surface area contributed by atoms with Crippen LogP contribution in [-0.2, 0) is 4.74 Å². The number of aliphatic hydroxyl groups excluding tert-OH is 1. The fraction of sp³-hybridized carbons (Fsp3) is 0.750. The van der Waals surface area contributed by atoms with Gasteiger partial charge in [0.2, 0.25) is 0 Å². The van der Waals surface area contributed by atoms with Gasteiger partial charge in [-0.15, -0.1) is 0 Å². The maximum absolute atomic E-state index is 11.1. The first kappa shape index (κ1) is 12.4. The van der Waals surface area contributed by atoms with Crippen molar-refractivity contribution in [3.05, 3.63) is 24.3 Å². The average Bonchev–Trinajstić information content (AvgIpc) is 2.75. The quantitative estimate of drug-likeness (QED) is 0.668. The molecule has 0 unspecified atom stereocenters. The van der Waals surface area contributed by atoms with E-state index in [1.54, 1.807) is 0 Å². The molecule has 1 saturated carbocycles. The minimum absolute atomic E-state index is 0.0281. The van der Waals surface area contributed by atoms with Gasteiger partial charge in [0.05, 0.1) is 18.8 Å². The molecule has 1 N–H and O–H groups in total. The minimum atomic E-state index is -0.333. The van der Waals surface area contributed by atoms with Gasteiger partial charge in [-0.2, -0.15) is 0 Å². The molecule has 100 valence electrons. The van der Waals surface area contributed by atoms with Crippen LogP contribution in [0, 0.1) is 22.7 Å². The molecular weight excluding hydrogens is 224 g/mol. The van der Waals surface area contributed by atoms with E-state index < -0.39 is 0 Å². The van der Waals surface area contributed by atoms with Gasteiger partial charge in [-0.05, 0) is 37.2 Å². The minimum Gasteiger partial charge on any atom is -0.392 e. The third-order valence-corrected chi connectivity index (χ3v) is 6.24. The lowest BCUT2D eigenvalue weighted by Gasteiger charge is -2.44. The molecule has 3 rings (SSSR count). The molecule has 2 heteroatoms. The van der Waals surface area contributed by atoms with E-state index in [0.717, 1.165) is 18.4 Å². The van der Waals surface area contributed by atoms with Crippen molar-refractivity contribution in [2.24, 2.45) is 22.7 Å². The first-order valence-corrected chi connectivity index (χ1v) is 7.08. The standard InChI is InChI=1S/C16H24O2/c1-10-6-5-7-13-8-16(14(17)15(10,13)4)11(2)9-18-12(16)3/h5,7,10,12-14,17H,2,6,8-9H2,1,3-4H3/t10-,12+,13+,14-,15+,16+/m1/s1. The van der Waals surface area contributed by atoms with Gasteiger partial charge in [-0.25, -0.2) is 0 Å². The summed E-state index contributed by atoms with van der Waals surface area (Å²) in [5.41, 5.74) is 0.848. The number of rotatable bonds is 0. The Labute approximate surface area is 110 Å². The molecule has 6 atom stereocenters. The van der Waals surface area contributed by atoms with E-state index in [1.165, 1.54) is 0 Å². The van der Waals surface area contributed by atoms with Gasteiger partial charge in [0.25, 0.3) is 0 Å².